The summed E-state index contributed by atoms with van der Waals surface area (Å²) in [5, 5.41) is 14.1. The minimum absolute atomic E-state index is 0.0626. The molecule has 1 unspecified atom stereocenters. The minimum Gasteiger partial charge on any atom is -0.481 e. The summed E-state index contributed by atoms with van der Waals surface area (Å²) >= 11 is 0. The number of nitrogens with zero attached hydrogens (tertiary/aromatic N) is 1. The molecule has 0 spiro atoms. The number of hydrogen-bond donors (Lipinski definition) is 1. The number of anilines is 1. The van der Waals surface area contributed by atoms with Crippen LogP contribution in [-0.4, -0.2) is 16.9 Å². The fourth-order valence-corrected chi connectivity index (χ4v) is 2.55. The second-order valence-corrected chi connectivity index (χ2v) is 5.96. The molecule has 0 bridgehead atoms. The van der Waals surface area contributed by atoms with Crippen LogP contribution in [0, 0.1) is 17.0 Å². The van der Waals surface area contributed by atoms with Crippen LogP contribution in [0.3, 0.4) is 0 Å². The van der Waals surface area contributed by atoms with Crippen LogP contribution in [0.25, 0.3) is 11.0 Å². The summed E-state index contributed by atoms with van der Waals surface area (Å²) in [6.07, 6.45) is -0.841. The fraction of sp³-hybridized carbons (Fsp3) is 0.158. The lowest BCUT2D eigenvalue weighted by molar-refractivity contribution is -0.384. The van der Waals surface area contributed by atoms with Gasteiger partial charge in [-0.15, -0.1) is 0 Å². The maximum absolute atomic E-state index is 12.3. The van der Waals surface area contributed by atoms with Crippen LogP contribution < -0.4 is 15.7 Å². The van der Waals surface area contributed by atoms with Crippen molar-refractivity contribution in [2.45, 2.75) is 20.0 Å². The zero-order valence-electron chi connectivity index (χ0n) is 14.6. The molecular weight excluding hydrogens is 352 g/mol. The number of non-ortho nitro benzene ring substituents is 1. The third kappa shape index (κ3) is 4.12. The van der Waals surface area contributed by atoms with Crippen molar-refractivity contribution in [2.24, 2.45) is 0 Å². The van der Waals surface area contributed by atoms with Crippen molar-refractivity contribution >= 4 is 28.3 Å². The van der Waals surface area contributed by atoms with Crippen molar-refractivity contribution in [2.75, 3.05) is 5.32 Å². The summed E-state index contributed by atoms with van der Waals surface area (Å²) in [4.78, 5) is 34.0. The highest BCUT2D eigenvalue weighted by Crippen LogP contribution is 2.22. The molecule has 1 aromatic heterocycles. The molecule has 0 saturated heterocycles. The number of carbonyl (C=O) groups is 1. The predicted molar refractivity (Wildman–Crippen MR) is 99.0 cm³/mol. The number of nitrogens with one attached hydrogen (secondary N) is 1. The quantitative estimate of drug-likeness (QED) is 0.419. The Labute approximate surface area is 153 Å². The van der Waals surface area contributed by atoms with Gasteiger partial charge in [-0.2, -0.15) is 0 Å². The number of nitro groups is 1. The smallest absolute Gasteiger partial charge is 0.336 e. The number of amides is 1. The van der Waals surface area contributed by atoms with Gasteiger partial charge in [0.15, 0.2) is 6.10 Å². The van der Waals surface area contributed by atoms with E-state index in [-0.39, 0.29) is 5.69 Å². The summed E-state index contributed by atoms with van der Waals surface area (Å²) in [6, 6.07) is 11.9. The van der Waals surface area contributed by atoms with Gasteiger partial charge in [0.25, 0.3) is 11.6 Å². The van der Waals surface area contributed by atoms with Crippen LogP contribution in [0.5, 0.6) is 5.75 Å². The van der Waals surface area contributed by atoms with Gasteiger partial charge < -0.3 is 14.5 Å². The SMILES string of the molecule is Cc1cc(=O)oc2cc(NC(=O)C(C)Oc3ccc([N+](=O)[O-])cc3)ccc12. The zero-order chi connectivity index (χ0) is 19.6. The van der Waals surface area contributed by atoms with Crippen LogP contribution in [-0.2, 0) is 4.79 Å². The summed E-state index contributed by atoms with van der Waals surface area (Å²) < 4.78 is 10.7. The van der Waals surface area contributed by atoms with E-state index in [0.717, 1.165) is 10.9 Å². The van der Waals surface area contributed by atoms with Gasteiger partial charge in [0.05, 0.1) is 4.92 Å². The average Bonchev–Trinajstić information content (AvgIpc) is 2.61. The van der Waals surface area contributed by atoms with Gasteiger partial charge in [-0.25, -0.2) is 4.79 Å². The van der Waals surface area contributed by atoms with E-state index >= 15 is 0 Å². The van der Waals surface area contributed by atoms with Gasteiger partial charge in [0.1, 0.15) is 11.3 Å². The molecule has 0 aliphatic rings. The third-order valence-electron chi connectivity index (χ3n) is 3.95. The van der Waals surface area contributed by atoms with Crippen LogP contribution >= 0.6 is 0 Å². The molecule has 1 amide bonds. The Morgan fingerprint density at radius 1 is 1.19 bits per heavy atom. The number of fused-ring (bicyclic) bond motifs is 1. The predicted octanol–water partition coefficient (Wildman–Crippen LogP) is 3.42. The van der Waals surface area contributed by atoms with Crippen molar-refractivity contribution in [3.05, 3.63) is 74.6 Å². The number of benzene rings is 2. The van der Waals surface area contributed by atoms with E-state index in [4.69, 9.17) is 9.15 Å². The molecule has 3 rings (SSSR count). The van der Waals surface area contributed by atoms with E-state index in [2.05, 4.69) is 5.32 Å². The lowest BCUT2D eigenvalue weighted by atomic mass is 10.1. The Hall–Kier alpha value is -3.68. The van der Waals surface area contributed by atoms with Gasteiger partial charge in [-0.3, -0.25) is 14.9 Å². The molecule has 3 aromatic rings. The highest BCUT2D eigenvalue weighted by molar-refractivity contribution is 5.96. The minimum atomic E-state index is -0.841. The number of aryl methyl sites for hydroxylation is 1. The largest absolute Gasteiger partial charge is 0.481 e. The molecule has 1 atom stereocenters. The summed E-state index contributed by atoms with van der Waals surface area (Å²) in [5.41, 5.74) is 1.10. The first-order valence-corrected chi connectivity index (χ1v) is 8.10. The highest BCUT2D eigenvalue weighted by atomic mass is 16.6. The maximum Gasteiger partial charge on any atom is 0.336 e. The molecular formula is C19H16N2O6. The van der Waals surface area contributed by atoms with Crippen LogP contribution in [0.4, 0.5) is 11.4 Å². The molecule has 0 aliphatic heterocycles. The highest BCUT2D eigenvalue weighted by Gasteiger charge is 2.16. The van der Waals surface area contributed by atoms with E-state index in [1.165, 1.54) is 30.3 Å². The first kappa shape index (κ1) is 18.1. The summed E-state index contributed by atoms with van der Waals surface area (Å²) in [6.45, 7) is 3.36. The first-order valence-electron chi connectivity index (χ1n) is 8.10. The number of rotatable bonds is 5. The van der Waals surface area contributed by atoms with Gasteiger partial charge >= 0.3 is 5.63 Å². The third-order valence-corrected chi connectivity index (χ3v) is 3.95. The fourth-order valence-electron chi connectivity index (χ4n) is 2.55. The lowest BCUT2D eigenvalue weighted by Gasteiger charge is -2.15. The van der Waals surface area contributed by atoms with E-state index in [9.17, 15) is 19.7 Å². The van der Waals surface area contributed by atoms with E-state index in [1.54, 1.807) is 32.0 Å². The number of nitro benzene ring substituents is 1. The van der Waals surface area contributed by atoms with Gasteiger partial charge in [-0.1, -0.05) is 0 Å². The Balaban J connectivity index is 1.71. The second kappa shape index (κ2) is 7.28. The summed E-state index contributed by atoms with van der Waals surface area (Å²) in [5.74, 6) is -0.0777. The molecule has 8 heteroatoms. The van der Waals surface area contributed by atoms with Crippen LogP contribution in [0.1, 0.15) is 12.5 Å². The lowest BCUT2D eigenvalue weighted by Crippen LogP contribution is -2.30. The molecule has 8 nitrogen and oxygen atoms in total. The molecule has 0 saturated carbocycles. The van der Waals surface area contributed by atoms with Crippen LogP contribution in [0.2, 0.25) is 0 Å². The molecule has 27 heavy (non-hydrogen) atoms. The standard InChI is InChI=1S/C19H16N2O6/c1-11-9-18(22)27-17-10-13(3-8-16(11)17)20-19(23)12(2)26-15-6-4-14(5-7-15)21(24)25/h3-10,12H,1-2H3,(H,20,23). The second-order valence-electron chi connectivity index (χ2n) is 5.96. The van der Waals surface area contributed by atoms with Gasteiger partial charge in [0.2, 0.25) is 0 Å². The van der Waals surface area contributed by atoms with Crippen molar-refractivity contribution in [3.63, 3.8) is 0 Å². The molecule has 1 N–H and O–H groups in total. The first-order chi connectivity index (χ1) is 12.8. The molecule has 1 heterocycles. The number of ether oxygens (including phenoxy) is 1. The van der Waals surface area contributed by atoms with Crippen LogP contribution in [0.15, 0.2) is 57.7 Å². The monoisotopic (exact) mass is 368 g/mol. The molecule has 0 aliphatic carbocycles. The van der Waals surface area contributed by atoms with Crippen molar-refractivity contribution in [1.29, 1.82) is 0 Å². The average molecular weight is 368 g/mol. The normalized spacial score (nSPS) is 11.8. The Kier molecular flexibility index (Phi) is 4.89. The van der Waals surface area contributed by atoms with E-state index in [0.29, 0.717) is 17.0 Å². The summed E-state index contributed by atoms with van der Waals surface area (Å²) in [7, 11) is 0. The number of hydrogen-bond acceptors (Lipinski definition) is 6. The Morgan fingerprint density at radius 2 is 1.89 bits per heavy atom. The maximum atomic E-state index is 12.3. The molecule has 138 valence electrons. The molecule has 0 fully saturated rings. The molecule has 0 radical (unpaired) electrons. The topological polar surface area (TPSA) is 112 Å². The van der Waals surface area contributed by atoms with Crippen molar-refractivity contribution in [3.8, 4) is 5.75 Å². The Morgan fingerprint density at radius 3 is 2.56 bits per heavy atom. The van der Waals surface area contributed by atoms with Gasteiger partial charge in [0, 0.05) is 35.3 Å². The zero-order valence-corrected chi connectivity index (χ0v) is 14.6. The molecule has 2 aromatic carbocycles. The van der Waals surface area contributed by atoms with Crippen molar-refractivity contribution < 1.29 is 18.9 Å². The van der Waals surface area contributed by atoms with Crippen molar-refractivity contribution in [1.82, 2.24) is 0 Å². The van der Waals surface area contributed by atoms with E-state index < -0.39 is 22.6 Å². The number of carbonyl (C=O) groups excluding carboxylic acids is 1. The van der Waals surface area contributed by atoms with E-state index in [1.807, 2.05) is 0 Å². The van der Waals surface area contributed by atoms with Gasteiger partial charge in [-0.05, 0) is 43.7 Å². The Bertz CT molecular complexity index is 1070.